The number of phenols is 1. The van der Waals surface area contributed by atoms with Crippen LogP contribution in [0.3, 0.4) is 0 Å². The van der Waals surface area contributed by atoms with Gasteiger partial charge in [0.2, 0.25) is 0 Å². The average molecular weight is 384 g/mol. The van der Waals surface area contributed by atoms with E-state index in [0.29, 0.717) is 5.56 Å². The van der Waals surface area contributed by atoms with Crippen LogP contribution in [0, 0.1) is 5.82 Å². The molecule has 0 bridgehead atoms. The molecule has 3 nitrogen and oxygen atoms in total. The van der Waals surface area contributed by atoms with Gasteiger partial charge >= 0.3 is 5.97 Å². The van der Waals surface area contributed by atoms with Crippen molar-refractivity contribution in [2.75, 3.05) is 0 Å². The van der Waals surface area contributed by atoms with Gasteiger partial charge < -0.3 is 10.2 Å². The molecule has 0 heterocycles. The second kappa shape index (κ2) is 7.60. The predicted molar refractivity (Wildman–Crippen MR) is 113 cm³/mol. The van der Waals surface area contributed by atoms with Crippen LogP contribution < -0.4 is 0 Å². The number of aromatic hydroxyl groups is 1. The Morgan fingerprint density at radius 3 is 2.17 bits per heavy atom. The zero-order chi connectivity index (χ0) is 20.4. The molecule has 0 atom stereocenters. The summed E-state index contributed by atoms with van der Waals surface area (Å²) in [7, 11) is 0. The molecule has 0 radical (unpaired) electrons. The Morgan fingerprint density at radius 2 is 1.41 bits per heavy atom. The number of carboxylic acids is 1. The lowest BCUT2D eigenvalue weighted by atomic mass is 9.97. The van der Waals surface area contributed by atoms with Crippen molar-refractivity contribution in [2.45, 2.75) is 0 Å². The van der Waals surface area contributed by atoms with Gasteiger partial charge in [0.05, 0.1) is 5.56 Å². The zero-order valence-corrected chi connectivity index (χ0v) is 15.3. The first-order valence-electron chi connectivity index (χ1n) is 9.05. The summed E-state index contributed by atoms with van der Waals surface area (Å²) in [4.78, 5) is 11.7. The van der Waals surface area contributed by atoms with Gasteiger partial charge in [-0.1, -0.05) is 60.7 Å². The van der Waals surface area contributed by atoms with Gasteiger partial charge in [0, 0.05) is 5.39 Å². The first-order valence-corrected chi connectivity index (χ1v) is 9.05. The van der Waals surface area contributed by atoms with E-state index in [-0.39, 0.29) is 17.1 Å². The minimum atomic E-state index is -1.02. The number of carboxylic acid groups (broad SMARTS) is 1. The monoisotopic (exact) mass is 384 g/mol. The van der Waals surface area contributed by atoms with Gasteiger partial charge in [-0.05, 0) is 58.0 Å². The summed E-state index contributed by atoms with van der Waals surface area (Å²) in [6.45, 7) is 0. The highest BCUT2D eigenvalue weighted by Gasteiger charge is 2.10. The minimum Gasteiger partial charge on any atom is -0.507 e. The number of hydrogen-bond acceptors (Lipinski definition) is 2. The van der Waals surface area contributed by atoms with Crippen LogP contribution in [0.4, 0.5) is 4.39 Å². The predicted octanol–water partition coefficient (Wildman–Crippen LogP) is 6.22. The second-order valence-corrected chi connectivity index (χ2v) is 6.67. The fraction of sp³-hybridized carbons (Fsp3) is 0. The first-order chi connectivity index (χ1) is 14.0. The third kappa shape index (κ3) is 3.73. The number of rotatable bonds is 4. The van der Waals surface area contributed by atoms with Crippen molar-refractivity contribution in [3.63, 3.8) is 0 Å². The Bertz CT molecular complexity index is 1240. The van der Waals surface area contributed by atoms with Crippen molar-refractivity contribution in [2.24, 2.45) is 0 Å². The quantitative estimate of drug-likeness (QED) is 0.411. The molecule has 0 aliphatic heterocycles. The van der Waals surface area contributed by atoms with Crippen LogP contribution in [0.2, 0.25) is 0 Å². The fourth-order valence-corrected chi connectivity index (χ4v) is 3.36. The lowest BCUT2D eigenvalue weighted by Crippen LogP contribution is -1.99. The van der Waals surface area contributed by atoms with Gasteiger partial charge in [0.25, 0.3) is 0 Å². The van der Waals surface area contributed by atoms with Crippen LogP contribution in [0.1, 0.15) is 21.5 Å². The number of fused-ring (bicyclic) bond motifs is 1. The third-order valence-electron chi connectivity index (χ3n) is 4.83. The molecule has 4 rings (SSSR count). The second-order valence-electron chi connectivity index (χ2n) is 6.67. The number of phenolic OH excluding ortho intramolecular Hbond substituents is 1. The molecule has 29 heavy (non-hydrogen) atoms. The average Bonchev–Trinajstić information content (AvgIpc) is 2.73. The summed E-state index contributed by atoms with van der Waals surface area (Å²) in [5.41, 5.74) is 3.17. The minimum absolute atomic E-state index is 0.176. The molecule has 0 saturated heterocycles. The Labute approximate surface area is 167 Å². The van der Waals surface area contributed by atoms with Crippen LogP contribution in [-0.4, -0.2) is 16.2 Å². The molecule has 4 aromatic rings. The van der Waals surface area contributed by atoms with E-state index >= 15 is 0 Å². The summed E-state index contributed by atoms with van der Waals surface area (Å²) in [6.07, 6.45) is 3.58. The highest BCUT2D eigenvalue weighted by Crippen LogP contribution is 2.29. The third-order valence-corrected chi connectivity index (χ3v) is 4.83. The van der Waals surface area contributed by atoms with Crippen LogP contribution in [0.25, 0.3) is 34.1 Å². The van der Waals surface area contributed by atoms with Crippen molar-refractivity contribution in [1.82, 2.24) is 0 Å². The molecule has 0 aromatic heterocycles. The standard InChI is InChI=1S/C25H17FO3/c26-20-12-9-16(10-13-20)18-11-14-22(25(28)29)19(15-18)8-7-17-3-1-5-23-21(17)4-2-6-24(23)27/h1-15,27H,(H,28,29). The molecular formula is C25H17FO3. The zero-order valence-electron chi connectivity index (χ0n) is 15.3. The van der Waals surface area contributed by atoms with Crippen LogP contribution in [0.15, 0.2) is 78.9 Å². The van der Waals surface area contributed by atoms with Gasteiger partial charge in [-0.15, -0.1) is 0 Å². The maximum Gasteiger partial charge on any atom is 0.336 e. The molecule has 2 N–H and O–H groups in total. The molecule has 142 valence electrons. The molecule has 0 saturated carbocycles. The number of aromatic carboxylic acids is 1. The lowest BCUT2D eigenvalue weighted by molar-refractivity contribution is 0.0696. The van der Waals surface area contributed by atoms with Gasteiger partial charge in [-0.2, -0.15) is 0 Å². The van der Waals surface area contributed by atoms with Crippen LogP contribution in [0.5, 0.6) is 5.75 Å². The van der Waals surface area contributed by atoms with E-state index in [2.05, 4.69) is 0 Å². The maximum atomic E-state index is 13.2. The van der Waals surface area contributed by atoms with E-state index in [4.69, 9.17) is 0 Å². The number of carbonyl (C=O) groups is 1. The summed E-state index contributed by atoms with van der Waals surface area (Å²) in [5.74, 6) is -1.15. The largest absolute Gasteiger partial charge is 0.507 e. The fourth-order valence-electron chi connectivity index (χ4n) is 3.36. The maximum absolute atomic E-state index is 13.2. The Hall–Kier alpha value is -3.92. The van der Waals surface area contributed by atoms with Gasteiger partial charge in [0.1, 0.15) is 11.6 Å². The topological polar surface area (TPSA) is 57.5 Å². The van der Waals surface area contributed by atoms with Gasteiger partial charge in [-0.3, -0.25) is 0 Å². The number of halogens is 1. The smallest absolute Gasteiger partial charge is 0.336 e. The first kappa shape index (κ1) is 18.4. The molecule has 4 heteroatoms. The van der Waals surface area contributed by atoms with E-state index < -0.39 is 5.97 Å². The molecular weight excluding hydrogens is 367 g/mol. The van der Waals surface area contributed by atoms with Crippen molar-refractivity contribution < 1.29 is 19.4 Å². The van der Waals surface area contributed by atoms with Crippen LogP contribution >= 0.6 is 0 Å². The molecule has 0 amide bonds. The number of benzene rings is 4. The Morgan fingerprint density at radius 1 is 0.759 bits per heavy atom. The van der Waals surface area contributed by atoms with Crippen LogP contribution in [-0.2, 0) is 0 Å². The molecule has 0 aliphatic carbocycles. The van der Waals surface area contributed by atoms with Crippen molar-refractivity contribution in [1.29, 1.82) is 0 Å². The van der Waals surface area contributed by atoms with E-state index in [9.17, 15) is 19.4 Å². The summed E-state index contributed by atoms with van der Waals surface area (Å²) < 4.78 is 13.2. The Kier molecular flexibility index (Phi) is 4.83. The summed E-state index contributed by atoms with van der Waals surface area (Å²) >= 11 is 0. The summed E-state index contributed by atoms with van der Waals surface area (Å²) in [6, 6.07) is 22.0. The molecule has 0 spiro atoms. The van der Waals surface area contributed by atoms with Crippen molar-refractivity contribution >= 4 is 28.9 Å². The molecule has 4 aromatic carbocycles. The van der Waals surface area contributed by atoms with E-state index in [1.54, 1.807) is 48.5 Å². The highest BCUT2D eigenvalue weighted by atomic mass is 19.1. The van der Waals surface area contributed by atoms with E-state index in [1.807, 2.05) is 30.3 Å². The van der Waals surface area contributed by atoms with Gasteiger partial charge in [-0.25, -0.2) is 9.18 Å². The Balaban J connectivity index is 1.80. The number of hydrogen-bond donors (Lipinski definition) is 2. The van der Waals surface area contributed by atoms with Crippen molar-refractivity contribution in [3.05, 3.63) is 101 Å². The summed E-state index contributed by atoms with van der Waals surface area (Å²) in [5, 5.41) is 21.2. The lowest BCUT2D eigenvalue weighted by Gasteiger charge is -2.08. The SMILES string of the molecule is O=C(O)c1ccc(-c2ccc(F)cc2)cc1C=Cc1cccc2c(O)cccc12. The highest BCUT2D eigenvalue weighted by molar-refractivity contribution is 5.98. The molecule has 0 unspecified atom stereocenters. The normalized spacial score (nSPS) is 11.2. The van der Waals surface area contributed by atoms with Crippen molar-refractivity contribution in [3.8, 4) is 16.9 Å². The molecule has 0 fully saturated rings. The van der Waals surface area contributed by atoms with Gasteiger partial charge in [0.15, 0.2) is 0 Å². The van der Waals surface area contributed by atoms with E-state index in [0.717, 1.165) is 27.5 Å². The molecule has 0 aliphatic rings. The van der Waals surface area contributed by atoms with E-state index in [1.165, 1.54) is 12.1 Å².